The van der Waals surface area contributed by atoms with E-state index in [-0.39, 0.29) is 0 Å². The number of hydrogen-bond acceptors (Lipinski definition) is 2. The minimum atomic E-state index is 0.296. The second kappa shape index (κ2) is 8.60. The maximum Gasteiger partial charge on any atom is 0.0431 e. The van der Waals surface area contributed by atoms with Crippen molar-refractivity contribution in [3.05, 3.63) is 60.2 Å². The summed E-state index contributed by atoms with van der Waals surface area (Å²) >= 11 is 0. The summed E-state index contributed by atoms with van der Waals surface area (Å²) in [5.41, 5.74) is 1.35. The second-order valence-corrected chi connectivity index (χ2v) is 5.39. The Hall–Kier alpha value is -1.64. The van der Waals surface area contributed by atoms with E-state index in [4.69, 9.17) is 5.11 Å². The predicted octanol–water partition coefficient (Wildman–Crippen LogP) is 4.21. The number of aliphatic hydroxyl groups excluding tert-OH is 1. The monoisotopic (exact) mass is 283 g/mol. The summed E-state index contributed by atoms with van der Waals surface area (Å²) in [5, 5.41) is 14.9. The lowest BCUT2D eigenvalue weighted by Crippen LogP contribution is -2.18. The molecule has 112 valence electrons. The molecular weight excluding hydrogens is 258 g/mol. The molecule has 0 aromatic heterocycles. The van der Waals surface area contributed by atoms with Gasteiger partial charge in [0.25, 0.3) is 0 Å². The van der Waals surface area contributed by atoms with Crippen LogP contribution in [0.4, 0.5) is 0 Å². The predicted molar refractivity (Wildman–Crippen MR) is 90.4 cm³/mol. The number of rotatable bonds is 8. The molecule has 0 aliphatic heterocycles. The molecule has 0 bridgehead atoms. The summed E-state index contributed by atoms with van der Waals surface area (Å²) in [6, 6.07) is 15.3. The first-order valence-corrected chi connectivity index (χ1v) is 7.80. The van der Waals surface area contributed by atoms with Gasteiger partial charge in [-0.1, -0.05) is 54.6 Å². The number of benzene rings is 2. The molecule has 2 rings (SSSR count). The maximum atomic E-state index is 8.72. The third-order valence-electron chi connectivity index (χ3n) is 3.78. The molecule has 1 atom stereocenters. The Morgan fingerprint density at radius 3 is 2.71 bits per heavy atom. The summed E-state index contributed by atoms with van der Waals surface area (Å²) in [4.78, 5) is 0. The summed E-state index contributed by atoms with van der Waals surface area (Å²) < 4.78 is 0. The zero-order valence-corrected chi connectivity index (χ0v) is 12.8. The standard InChI is InChI=1S/C19H25NO/c1-16(20-14-7-3-2-4-8-15-21)18-13-9-11-17-10-5-6-12-19(17)18/h3,5-7,9-13,16,20-21H,2,4,8,14-15H2,1H3/b7-3+/t16-/m1/s1. The van der Waals surface area contributed by atoms with E-state index in [1.54, 1.807) is 0 Å². The molecule has 0 aliphatic carbocycles. The van der Waals surface area contributed by atoms with Crippen molar-refractivity contribution >= 4 is 10.8 Å². The van der Waals surface area contributed by atoms with Crippen molar-refractivity contribution in [2.75, 3.05) is 13.2 Å². The molecule has 2 nitrogen and oxygen atoms in total. The smallest absolute Gasteiger partial charge is 0.0431 e. The van der Waals surface area contributed by atoms with Gasteiger partial charge in [0.15, 0.2) is 0 Å². The molecule has 0 saturated carbocycles. The van der Waals surface area contributed by atoms with E-state index in [0.29, 0.717) is 12.6 Å². The highest BCUT2D eigenvalue weighted by molar-refractivity contribution is 5.86. The molecule has 0 fully saturated rings. The number of nitrogens with one attached hydrogen (secondary N) is 1. The van der Waals surface area contributed by atoms with Crippen molar-refractivity contribution in [1.82, 2.24) is 5.32 Å². The Morgan fingerprint density at radius 2 is 1.86 bits per heavy atom. The van der Waals surface area contributed by atoms with Crippen LogP contribution in [0.2, 0.25) is 0 Å². The van der Waals surface area contributed by atoms with Crippen molar-refractivity contribution < 1.29 is 5.11 Å². The van der Waals surface area contributed by atoms with Crippen LogP contribution in [0.3, 0.4) is 0 Å². The van der Waals surface area contributed by atoms with E-state index < -0.39 is 0 Å². The van der Waals surface area contributed by atoms with E-state index in [1.807, 2.05) is 0 Å². The fourth-order valence-corrected chi connectivity index (χ4v) is 2.56. The lowest BCUT2D eigenvalue weighted by Gasteiger charge is -2.15. The SMILES string of the molecule is C[C@@H](NC/C=C/CCCCO)c1cccc2ccccc12. The second-order valence-electron chi connectivity index (χ2n) is 5.39. The van der Waals surface area contributed by atoms with Gasteiger partial charge in [-0.3, -0.25) is 0 Å². The highest BCUT2D eigenvalue weighted by atomic mass is 16.2. The first-order chi connectivity index (χ1) is 10.3. The van der Waals surface area contributed by atoms with Crippen LogP contribution in [0.25, 0.3) is 10.8 Å². The van der Waals surface area contributed by atoms with Crippen molar-refractivity contribution in [2.24, 2.45) is 0 Å². The van der Waals surface area contributed by atoms with Gasteiger partial charge in [-0.15, -0.1) is 0 Å². The molecule has 2 aromatic rings. The number of aliphatic hydroxyl groups is 1. The summed E-state index contributed by atoms with van der Waals surface area (Å²) in [5.74, 6) is 0. The summed E-state index contributed by atoms with van der Waals surface area (Å²) in [7, 11) is 0. The molecule has 21 heavy (non-hydrogen) atoms. The van der Waals surface area contributed by atoms with E-state index >= 15 is 0 Å². The lowest BCUT2D eigenvalue weighted by molar-refractivity contribution is 0.285. The van der Waals surface area contributed by atoms with Gasteiger partial charge < -0.3 is 10.4 Å². The van der Waals surface area contributed by atoms with Gasteiger partial charge in [0, 0.05) is 19.2 Å². The normalized spacial score (nSPS) is 13.0. The fraction of sp³-hybridized carbons (Fsp3) is 0.368. The molecule has 0 radical (unpaired) electrons. The van der Waals surface area contributed by atoms with Crippen molar-refractivity contribution in [1.29, 1.82) is 0 Å². The third-order valence-corrected chi connectivity index (χ3v) is 3.78. The maximum absolute atomic E-state index is 8.72. The highest BCUT2D eigenvalue weighted by Crippen LogP contribution is 2.23. The molecule has 2 heteroatoms. The lowest BCUT2D eigenvalue weighted by atomic mass is 10.00. The number of fused-ring (bicyclic) bond motifs is 1. The highest BCUT2D eigenvalue weighted by Gasteiger charge is 2.07. The average molecular weight is 283 g/mol. The molecule has 0 amide bonds. The molecule has 0 heterocycles. The van der Waals surface area contributed by atoms with Gasteiger partial charge >= 0.3 is 0 Å². The fourth-order valence-electron chi connectivity index (χ4n) is 2.56. The summed E-state index contributed by atoms with van der Waals surface area (Å²) in [6.45, 7) is 3.38. The van der Waals surface area contributed by atoms with Crippen LogP contribution >= 0.6 is 0 Å². The van der Waals surface area contributed by atoms with Crippen LogP contribution in [0.1, 0.15) is 37.8 Å². The zero-order chi connectivity index (χ0) is 14.9. The third kappa shape index (κ3) is 4.69. The van der Waals surface area contributed by atoms with E-state index in [2.05, 4.69) is 66.9 Å². The van der Waals surface area contributed by atoms with Gasteiger partial charge in [-0.05, 0) is 42.5 Å². The Morgan fingerprint density at radius 1 is 1.05 bits per heavy atom. The first kappa shape index (κ1) is 15.7. The molecular formula is C19H25NO. The number of hydrogen-bond donors (Lipinski definition) is 2. The van der Waals surface area contributed by atoms with Crippen molar-refractivity contribution in [2.45, 2.75) is 32.2 Å². The van der Waals surface area contributed by atoms with Crippen LogP contribution in [0, 0.1) is 0 Å². The van der Waals surface area contributed by atoms with E-state index in [9.17, 15) is 0 Å². The minimum absolute atomic E-state index is 0.296. The quantitative estimate of drug-likeness (QED) is 0.562. The summed E-state index contributed by atoms with van der Waals surface area (Å²) in [6.07, 6.45) is 7.37. The van der Waals surface area contributed by atoms with Crippen LogP contribution in [-0.2, 0) is 0 Å². The molecule has 0 saturated heterocycles. The van der Waals surface area contributed by atoms with Gasteiger partial charge in [0.05, 0.1) is 0 Å². The average Bonchev–Trinajstić information content (AvgIpc) is 2.53. The molecule has 0 unspecified atom stereocenters. The van der Waals surface area contributed by atoms with Crippen molar-refractivity contribution in [3.8, 4) is 0 Å². The van der Waals surface area contributed by atoms with E-state index in [1.165, 1.54) is 16.3 Å². The van der Waals surface area contributed by atoms with Crippen molar-refractivity contribution in [3.63, 3.8) is 0 Å². The first-order valence-electron chi connectivity index (χ1n) is 7.80. The zero-order valence-electron chi connectivity index (χ0n) is 12.8. The van der Waals surface area contributed by atoms with Crippen LogP contribution in [0.15, 0.2) is 54.6 Å². The molecule has 0 spiro atoms. The van der Waals surface area contributed by atoms with Gasteiger partial charge in [0.1, 0.15) is 0 Å². The van der Waals surface area contributed by atoms with Gasteiger partial charge in [0.2, 0.25) is 0 Å². The molecule has 0 aliphatic rings. The molecule has 2 N–H and O–H groups in total. The topological polar surface area (TPSA) is 32.3 Å². The number of allylic oxidation sites excluding steroid dienone is 1. The Labute approximate surface area is 127 Å². The molecule has 2 aromatic carbocycles. The van der Waals surface area contributed by atoms with Crippen LogP contribution in [-0.4, -0.2) is 18.3 Å². The van der Waals surface area contributed by atoms with Crippen LogP contribution in [0.5, 0.6) is 0 Å². The minimum Gasteiger partial charge on any atom is -0.396 e. The van der Waals surface area contributed by atoms with E-state index in [0.717, 1.165) is 25.8 Å². The largest absolute Gasteiger partial charge is 0.396 e. The number of unbranched alkanes of at least 4 members (excludes halogenated alkanes) is 2. The van der Waals surface area contributed by atoms with Crippen LogP contribution < -0.4 is 5.32 Å². The van der Waals surface area contributed by atoms with Gasteiger partial charge in [-0.2, -0.15) is 0 Å². The Balaban J connectivity index is 1.89. The Bertz CT molecular complexity index is 571. The van der Waals surface area contributed by atoms with Gasteiger partial charge in [-0.25, -0.2) is 0 Å². The Kier molecular flexibility index (Phi) is 6.45.